The van der Waals surface area contributed by atoms with Gasteiger partial charge in [-0.2, -0.15) is 0 Å². The minimum Gasteiger partial charge on any atom is -0.505 e. The molecule has 1 heterocycles. The maximum atomic E-state index is 13.7. The second-order valence-corrected chi connectivity index (χ2v) is 3.56. The Balaban J connectivity index is 2.48. The smallest absolute Gasteiger partial charge is 0.305 e. The molecular weight excluding hydrogens is 233 g/mol. The Hall–Kier alpha value is -2.02. The van der Waals surface area contributed by atoms with Gasteiger partial charge in [-0.1, -0.05) is 0 Å². The predicted molar refractivity (Wildman–Crippen MR) is 53.4 cm³/mol. The molecule has 0 bridgehead atoms. The Labute approximate surface area is 95.4 Å². The van der Waals surface area contributed by atoms with Gasteiger partial charge < -0.3 is 25.4 Å². The zero-order chi connectivity index (χ0) is 12.6. The number of halogens is 1. The third kappa shape index (κ3) is 1.96. The average Bonchev–Trinajstić information content (AvgIpc) is 2.65. The third-order valence-corrected chi connectivity index (χ3v) is 2.38. The van der Waals surface area contributed by atoms with Crippen LogP contribution in [0.2, 0.25) is 0 Å². The average molecular weight is 243 g/mol. The minimum atomic E-state index is -1.17. The second kappa shape index (κ2) is 4.10. The molecule has 6 nitrogen and oxygen atoms in total. The lowest BCUT2D eigenvalue weighted by atomic mass is 10.0. The lowest BCUT2D eigenvalue weighted by Crippen LogP contribution is -2.17. The summed E-state index contributed by atoms with van der Waals surface area (Å²) in [6.45, 7) is -0.120. The van der Waals surface area contributed by atoms with Crippen molar-refractivity contribution >= 4 is 5.97 Å². The molecule has 4 N–H and O–H groups in total. The Bertz CT molecular complexity index is 476. The van der Waals surface area contributed by atoms with Gasteiger partial charge in [0, 0.05) is 12.1 Å². The molecule has 17 heavy (non-hydrogen) atoms. The van der Waals surface area contributed by atoms with Crippen LogP contribution < -0.4 is 15.2 Å². The molecule has 7 heteroatoms. The number of nitrogens with two attached hydrogens (primary N) is 1. The van der Waals surface area contributed by atoms with Gasteiger partial charge in [0.2, 0.25) is 6.79 Å². The molecule has 0 saturated carbocycles. The molecule has 1 aliphatic heterocycles. The maximum Gasteiger partial charge on any atom is 0.305 e. The molecule has 0 saturated heterocycles. The van der Waals surface area contributed by atoms with Crippen LogP contribution in [0.5, 0.6) is 17.2 Å². The molecule has 1 unspecified atom stereocenters. The van der Waals surface area contributed by atoms with Gasteiger partial charge in [-0.3, -0.25) is 4.79 Å². The van der Waals surface area contributed by atoms with Crippen LogP contribution in [0.4, 0.5) is 4.39 Å². The predicted octanol–water partition coefficient (Wildman–Crippen LogP) is 0.734. The van der Waals surface area contributed by atoms with E-state index < -0.39 is 30.0 Å². The summed E-state index contributed by atoms with van der Waals surface area (Å²) in [7, 11) is 0. The van der Waals surface area contributed by atoms with Crippen LogP contribution >= 0.6 is 0 Å². The molecule has 1 aromatic carbocycles. The van der Waals surface area contributed by atoms with Crippen molar-refractivity contribution in [2.75, 3.05) is 6.79 Å². The monoisotopic (exact) mass is 243 g/mol. The number of carboxylic acid groups (broad SMARTS) is 1. The highest BCUT2D eigenvalue weighted by atomic mass is 19.1. The topological polar surface area (TPSA) is 102 Å². The molecule has 1 atom stereocenters. The van der Waals surface area contributed by atoms with Gasteiger partial charge >= 0.3 is 5.97 Å². The number of hydrogen-bond donors (Lipinski definition) is 3. The zero-order valence-electron chi connectivity index (χ0n) is 8.64. The van der Waals surface area contributed by atoms with E-state index in [0.717, 1.165) is 6.07 Å². The summed E-state index contributed by atoms with van der Waals surface area (Å²) in [6.07, 6.45) is -0.476. The van der Waals surface area contributed by atoms with E-state index >= 15 is 0 Å². The maximum absolute atomic E-state index is 13.7. The Morgan fingerprint density at radius 3 is 2.94 bits per heavy atom. The van der Waals surface area contributed by atoms with Gasteiger partial charge in [-0.25, -0.2) is 4.39 Å². The van der Waals surface area contributed by atoms with E-state index in [2.05, 4.69) is 0 Å². The molecule has 92 valence electrons. The molecular formula is C10H10FNO5. The number of rotatable bonds is 3. The lowest BCUT2D eigenvalue weighted by molar-refractivity contribution is -0.137. The van der Waals surface area contributed by atoms with E-state index in [-0.39, 0.29) is 23.9 Å². The summed E-state index contributed by atoms with van der Waals surface area (Å²) >= 11 is 0. The minimum absolute atomic E-state index is 0.0500. The zero-order valence-corrected chi connectivity index (χ0v) is 8.64. The number of phenols is 1. The number of phenolic OH excluding ortho intramolecular Hbond substituents is 1. The molecule has 0 aliphatic carbocycles. The Morgan fingerprint density at radius 1 is 1.59 bits per heavy atom. The highest BCUT2D eigenvalue weighted by Crippen LogP contribution is 2.44. The number of fused-ring (bicyclic) bond motifs is 1. The van der Waals surface area contributed by atoms with Crippen LogP contribution in [-0.2, 0) is 4.79 Å². The summed E-state index contributed by atoms with van der Waals surface area (Å²) in [5, 5.41) is 18.0. The van der Waals surface area contributed by atoms with E-state index in [4.69, 9.17) is 20.3 Å². The largest absolute Gasteiger partial charge is 0.505 e. The molecule has 0 amide bonds. The molecule has 0 radical (unpaired) electrons. The van der Waals surface area contributed by atoms with Gasteiger partial charge in [-0.05, 0) is 0 Å². The first-order valence-corrected chi connectivity index (χ1v) is 4.79. The SMILES string of the molecule is NC(CC(=O)O)c1c(F)c(O)cc2c1OCO2. The van der Waals surface area contributed by atoms with Crippen molar-refractivity contribution in [3.8, 4) is 17.2 Å². The van der Waals surface area contributed by atoms with Crippen molar-refractivity contribution in [2.24, 2.45) is 5.73 Å². The standard InChI is InChI=1S/C10H10FNO5/c11-9-5(13)2-6-10(17-3-16-6)8(9)4(12)1-7(14)15/h2,4,13H,1,3,12H2,(H,14,15). The highest BCUT2D eigenvalue weighted by molar-refractivity contribution is 5.69. The molecule has 1 aliphatic rings. The fourth-order valence-electron chi connectivity index (χ4n) is 1.65. The van der Waals surface area contributed by atoms with E-state index in [1.54, 1.807) is 0 Å². The van der Waals surface area contributed by atoms with Crippen LogP contribution in [-0.4, -0.2) is 23.0 Å². The van der Waals surface area contributed by atoms with Crippen LogP contribution in [0.15, 0.2) is 6.07 Å². The first-order chi connectivity index (χ1) is 8.00. The van der Waals surface area contributed by atoms with Crippen molar-refractivity contribution in [2.45, 2.75) is 12.5 Å². The van der Waals surface area contributed by atoms with Crippen LogP contribution in [0.3, 0.4) is 0 Å². The number of carbonyl (C=O) groups is 1. The molecule has 0 aromatic heterocycles. The number of carboxylic acids is 1. The Morgan fingerprint density at radius 2 is 2.29 bits per heavy atom. The van der Waals surface area contributed by atoms with Crippen molar-refractivity contribution < 1.29 is 28.9 Å². The van der Waals surface area contributed by atoms with Crippen molar-refractivity contribution in [1.82, 2.24) is 0 Å². The van der Waals surface area contributed by atoms with Gasteiger partial charge in [-0.15, -0.1) is 0 Å². The summed E-state index contributed by atoms with van der Waals surface area (Å²) in [5.74, 6) is -2.60. The first kappa shape index (κ1) is 11.5. The molecule has 0 fully saturated rings. The molecule has 2 rings (SSSR count). The van der Waals surface area contributed by atoms with Crippen molar-refractivity contribution in [3.63, 3.8) is 0 Å². The summed E-state index contributed by atoms with van der Waals surface area (Å²) < 4.78 is 23.7. The van der Waals surface area contributed by atoms with Gasteiger partial charge in [0.05, 0.1) is 12.0 Å². The number of benzene rings is 1. The van der Waals surface area contributed by atoms with Crippen molar-refractivity contribution in [3.05, 3.63) is 17.4 Å². The van der Waals surface area contributed by atoms with Crippen LogP contribution in [0, 0.1) is 5.82 Å². The van der Waals surface area contributed by atoms with Crippen LogP contribution in [0.1, 0.15) is 18.0 Å². The second-order valence-electron chi connectivity index (χ2n) is 3.56. The highest BCUT2D eigenvalue weighted by Gasteiger charge is 2.29. The molecule has 0 spiro atoms. The fraction of sp³-hybridized carbons (Fsp3) is 0.300. The molecule has 1 aromatic rings. The number of hydrogen-bond acceptors (Lipinski definition) is 5. The quantitative estimate of drug-likeness (QED) is 0.723. The van der Waals surface area contributed by atoms with E-state index in [1.807, 2.05) is 0 Å². The van der Waals surface area contributed by atoms with Crippen molar-refractivity contribution in [1.29, 1.82) is 0 Å². The number of aliphatic carboxylic acids is 1. The normalized spacial score (nSPS) is 14.7. The van der Waals surface area contributed by atoms with E-state index in [0.29, 0.717) is 0 Å². The summed E-state index contributed by atoms with van der Waals surface area (Å²) in [4.78, 5) is 10.5. The van der Waals surface area contributed by atoms with Gasteiger partial charge in [0.25, 0.3) is 0 Å². The number of ether oxygens (including phenoxy) is 2. The fourth-order valence-corrected chi connectivity index (χ4v) is 1.65. The number of aromatic hydroxyl groups is 1. The Kier molecular flexibility index (Phi) is 2.76. The van der Waals surface area contributed by atoms with Gasteiger partial charge in [0.15, 0.2) is 23.1 Å². The van der Waals surface area contributed by atoms with Gasteiger partial charge in [0.1, 0.15) is 0 Å². The van der Waals surface area contributed by atoms with E-state index in [9.17, 15) is 14.3 Å². The summed E-state index contributed by atoms with van der Waals surface area (Å²) in [5.41, 5.74) is 5.39. The summed E-state index contributed by atoms with van der Waals surface area (Å²) in [6, 6.07) is -0.0516. The lowest BCUT2D eigenvalue weighted by Gasteiger charge is -2.14. The third-order valence-electron chi connectivity index (χ3n) is 2.38. The first-order valence-electron chi connectivity index (χ1n) is 4.79. The van der Waals surface area contributed by atoms with Crippen LogP contribution in [0.25, 0.3) is 0 Å². The van der Waals surface area contributed by atoms with E-state index in [1.165, 1.54) is 0 Å².